The Kier molecular flexibility index (Phi) is 3.52. The van der Waals surface area contributed by atoms with E-state index in [-0.39, 0.29) is 5.71 Å². The largest absolute Gasteiger partial charge is 0.458 e. The van der Waals surface area contributed by atoms with E-state index in [0.717, 1.165) is 0 Å². The molecule has 0 radical (unpaired) electrons. The van der Waals surface area contributed by atoms with E-state index in [4.69, 9.17) is 0 Å². The molecule has 0 saturated carbocycles. The highest BCUT2D eigenvalue weighted by Gasteiger charge is 2.60. The van der Waals surface area contributed by atoms with Crippen LogP contribution in [0.4, 0.5) is 17.6 Å². The topological polar surface area (TPSA) is 67.6 Å². The van der Waals surface area contributed by atoms with E-state index < -0.39 is 24.5 Å². The zero-order valence-corrected chi connectivity index (χ0v) is 11.4. The molecule has 0 fully saturated rings. The minimum atomic E-state index is -4.94. The maximum atomic E-state index is 12.7. The van der Waals surface area contributed by atoms with Crippen molar-refractivity contribution in [3.8, 4) is 11.1 Å². The van der Waals surface area contributed by atoms with Gasteiger partial charge in [0.1, 0.15) is 0 Å². The summed E-state index contributed by atoms with van der Waals surface area (Å²) in [6, 6.07) is 6.23. The van der Waals surface area contributed by atoms with Crippen LogP contribution in [-0.2, 0) is 4.84 Å². The van der Waals surface area contributed by atoms with E-state index >= 15 is 0 Å². The second-order valence-corrected chi connectivity index (χ2v) is 4.91. The first-order valence-corrected chi connectivity index (χ1v) is 6.41. The molecule has 23 heavy (non-hydrogen) atoms. The van der Waals surface area contributed by atoms with E-state index in [9.17, 15) is 22.7 Å². The van der Waals surface area contributed by atoms with Gasteiger partial charge in [0, 0.05) is 18.0 Å². The van der Waals surface area contributed by atoms with Crippen LogP contribution in [0.5, 0.6) is 0 Å². The third kappa shape index (κ3) is 2.87. The minimum absolute atomic E-state index is 0.0215. The van der Waals surface area contributed by atoms with Crippen LogP contribution in [0.3, 0.4) is 0 Å². The Balaban J connectivity index is 1.80. The standard InChI is InChI=1S/C14H9F4N3O2/c15-12-19-6-10(7-20-12)8-1-3-9(4-2-8)11-5-13(22,23-21-11)14(16,17)18/h1-4,6-7,22H,5H2. The van der Waals surface area contributed by atoms with Crippen LogP contribution in [0.25, 0.3) is 11.1 Å². The molecule has 0 bridgehead atoms. The SMILES string of the molecule is OC1(C(F)(F)F)CC(c2ccc(-c3cnc(F)nc3)cc2)=NO1. The molecule has 1 N–H and O–H groups in total. The molecule has 120 valence electrons. The lowest BCUT2D eigenvalue weighted by Gasteiger charge is -2.22. The summed E-state index contributed by atoms with van der Waals surface area (Å²) in [5.41, 5.74) is 1.55. The summed E-state index contributed by atoms with van der Waals surface area (Å²) >= 11 is 0. The lowest BCUT2D eigenvalue weighted by atomic mass is 10.00. The number of alkyl halides is 3. The molecule has 0 spiro atoms. The quantitative estimate of drug-likeness (QED) is 0.680. The van der Waals surface area contributed by atoms with Crippen LogP contribution < -0.4 is 0 Å². The minimum Gasteiger partial charge on any atom is -0.350 e. The van der Waals surface area contributed by atoms with E-state index in [1.54, 1.807) is 12.1 Å². The number of oxime groups is 1. The van der Waals surface area contributed by atoms with Gasteiger partial charge >= 0.3 is 18.0 Å². The van der Waals surface area contributed by atoms with Gasteiger partial charge in [-0.15, -0.1) is 0 Å². The van der Waals surface area contributed by atoms with Gasteiger partial charge in [-0.1, -0.05) is 29.4 Å². The van der Waals surface area contributed by atoms with Gasteiger partial charge in [0.15, 0.2) is 0 Å². The van der Waals surface area contributed by atoms with E-state index in [1.807, 2.05) is 0 Å². The highest BCUT2D eigenvalue weighted by Crippen LogP contribution is 2.39. The predicted molar refractivity (Wildman–Crippen MR) is 70.7 cm³/mol. The van der Waals surface area contributed by atoms with Crippen LogP contribution in [0.2, 0.25) is 0 Å². The molecule has 1 aliphatic heterocycles. The van der Waals surface area contributed by atoms with Gasteiger partial charge in [0.05, 0.1) is 12.1 Å². The highest BCUT2D eigenvalue weighted by atomic mass is 19.4. The smallest absolute Gasteiger partial charge is 0.350 e. The summed E-state index contributed by atoms with van der Waals surface area (Å²) in [5, 5.41) is 12.7. The van der Waals surface area contributed by atoms with Crippen molar-refractivity contribution in [3.63, 3.8) is 0 Å². The summed E-state index contributed by atoms with van der Waals surface area (Å²) in [6.45, 7) is 0. The average molecular weight is 327 g/mol. The van der Waals surface area contributed by atoms with Crippen molar-refractivity contribution in [2.24, 2.45) is 5.16 Å². The lowest BCUT2D eigenvalue weighted by molar-refractivity contribution is -0.355. The number of halogens is 4. The predicted octanol–water partition coefficient (Wildman–Crippen LogP) is 2.66. The van der Waals surface area contributed by atoms with Crippen molar-refractivity contribution >= 4 is 5.71 Å². The van der Waals surface area contributed by atoms with E-state index in [1.165, 1.54) is 24.5 Å². The molecule has 1 unspecified atom stereocenters. The van der Waals surface area contributed by atoms with Gasteiger partial charge in [-0.2, -0.15) is 17.6 Å². The van der Waals surface area contributed by atoms with Crippen molar-refractivity contribution in [2.45, 2.75) is 18.4 Å². The van der Waals surface area contributed by atoms with Gasteiger partial charge < -0.3 is 9.94 Å². The highest BCUT2D eigenvalue weighted by molar-refractivity contribution is 6.01. The molecule has 0 saturated heterocycles. The fraction of sp³-hybridized carbons (Fsp3) is 0.214. The summed E-state index contributed by atoms with van der Waals surface area (Å²) in [6.07, 6.45) is -4.01. The fourth-order valence-electron chi connectivity index (χ4n) is 2.05. The molecular formula is C14H9F4N3O2. The van der Waals surface area contributed by atoms with E-state index in [0.29, 0.717) is 16.7 Å². The molecule has 1 aliphatic rings. The van der Waals surface area contributed by atoms with Gasteiger partial charge in [0.25, 0.3) is 0 Å². The van der Waals surface area contributed by atoms with Crippen molar-refractivity contribution in [1.82, 2.24) is 9.97 Å². The number of aromatic nitrogens is 2. The second kappa shape index (κ2) is 5.27. The van der Waals surface area contributed by atoms with Crippen LogP contribution in [0.15, 0.2) is 41.8 Å². The maximum absolute atomic E-state index is 12.7. The molecule has 0 aliphatic carbocycles. The monoisotopic (exact) mass is 327 g/mol. The van der Waals surface area contributed by atoms with Crippen LogP contribution >= 0.6 is 0 Å². The third-order valence-corrected chi connectivity index (χ3v) is 3.33. The summed E-state index contributed by atoms with van der Waals surface area (Å²) < 4.78 is 50.7. The number of hydrogen-bond donors (Lipinski definition) is 1. The van der Waals surface area contributed by atoms with Crippen molar-refractivity contribution in [1.29, 1.82) is 0 Å². The molecule has 2 aromatic rings. The number of rotatable bonds is 2. The molecule has 1 aromatic heterocycles. The van der Waals surface area contributed by atoms with Crippen LogP contribution in [0.1, 0.15) is 12.0 Å². The van der Waals surface area contributed by atoms with Crippen LogP contribution in [-0.4, -0.2) is 32.7 Å². The molecule has 1 aromatic carbocycles. The number of hydrogen-bond acceptors (Lipinski definition) is 5. The molecule has 0 amide bonds. The second-order valence-electron chi connectivity index (χ2n) is 4.91. The van der Waals surface area contributed by atoms with Gasteiger partial charge in [-0.3, -0.25) is 0 Å². The van der Waals surface area contributed by atoms with Crippen LogP contribution in [0, 0.1) is 6.08 Å². The molecule has 3 rings (SSSR count). The fourth-order valence-corrected chi connectivity index (χ4v) is 2.05. The zero-order valence-electron chi connectivity index (χ0n) is 11.4. The Hall–Kier alpha value is -2.55. The third-order valence-electron chi connectivity index (χ3n) is 3.33. The summed E-state index contributed by atoms with van der Waals surface area (Å²) in [5.74, 6) is -3.30. The Morgan fingerprint density at radius 3 is 2.09 bits per heavy atom. The van der Waals surface area contributed by atoms with E-state index in [2.05, 4.69) is 20.0 Å². The lowest BCUT2D eigenvalue weighted by Crippen LogP contribution is -2.45. The first-order chi connectivity index (χ1) is 10.8. The molecule has 5 nitrogen and oxygen atoms in total. The number of benzene rings is 1. The van der Waals surface area contributed by atoms with Gasteiger partial charge in [-0.05, 0) is 11.1 Å². The average Bonchev–Trinajstić information content (AvgIpc) is 2.92. The number of nitrogens with zero attached hydrogens (tertiary/aromatic N) is 3. The summed E-state index contributed by atoms with van der Waals surface area (Å²) in [7, 11) is 0. The van der Waals surface area contributed by atoms with Gasteiger partial charge in [0.2, 0.25) is 0 Å². The van der Waals surface area contributed by atoms with Crippen molar-refractivity contribution < 1.29 is 27.5 Å². The Morgan fingerprint density at radius 2 is 1.57 bits per heavy atom. The molecule has 1 atom stereocenters. The first-order valence-electron chi connectivity index (χ1n) is 6.41. The normalized spacial score (nSPS) is 21.0. The van der Waals surface area contributed by atoms with Crippen molar-refractivity contribution in [2.75, 3.05) is 0 Å². The molecule has 9 heteroatoms. The maximum Gasteiger partial charge on any atom is 0.458 e. The molecular weight excluding hydrogens is 318 g/mol. The van der Waals surface area contributed by atoms with Gasteiger partial charge in [-0.25, -0.2) is 9.97 Å². The Bertz CT molecular complexity index is 744. The Labute approximate surface area is 127 Å². The zero-order chi connectivity index (χ0) is 16.7. The number of aliphatic hydroxyl groups is 1. The summed E-state index contributed by atoms with van der Waals surface area (Å²) in [4.78, 5) is 11.0. The van der Waals surface area contributed by atoms with Crippen molar-refractivity contribution in [3.05, 3.63) is 48.3 Å². The molecule has 2 heterocycles. The Morgan fingerprint density at radius 1 is 1.00 bits per heavy atom. The first kappa shape index (κ1) is 15.3.